The Morgan fingerprint density at radius 2 is 2.00 bits per heavy atom. The lowest BCUT2D eigenvalue weighted by molar-refractivity contribution is 0.0643. The highest BCUT2D eigenvalue weighted by Crippen LogP contribution is 2.20. The molecule has 5 heteroatoms. The van der Waals surface area contributed by atoms with Gasteiger partial charge in [0.05, 0.1) is 5.02 Å². The fraction of sp³-hybridized carbons (Fsp3) is 0.462. The summed E-state index contributed by atoms with van der Waals surface area (Å²) in [5.41, 5.74) is 0.730. The van der Waals surface area contributed by atoms with Crippen molar-refractivity contribution in [3.63, 3.8) is 0 Å². The van der Waals surface area contributed by atoms with Gasteiger partial charge in [0.1, 0.15) is 0 Å². The van der Waals surface area contributed by atoms with E-state index in [9.17, 15) is 4.79 Å². The van der Waals surface area contributed by atoms with Gasteiger partial charge in [-0.25, -0.2) is 0 Å². The first kappa shape index (κ1) is 14.1. The number of nitrogens with zero attached hydrogens (tertiary/aromatic N) is 2. The molecule has 2 rings (SSSR count). The molecule has 0 radical (unpaired) electrons. The van der Waals surface area contributed by atoms with Gasteiger partial charge < -0.3 is 9.80 Å². The van der Waals surface area contributed by atoms with Crippen LogP contribution < -0.4 is 0 Å². The Bertz CT molecular complexity index is 445. The quantitative estimate of drug-likeness (QED) is 0.739. The van der Waals surface area contributed by atoms with Crippen LogP contribution in [0.2, 0.25) is 5.02 Å². The van der Waals surface area contributed by atoms with E-state index in [2.05, 4.69) is 34.4 Å². The highest BCUT2D eigenvalue weighted by atomic mass is 127. The van der Waals surface area contributed by atoms with Gasteiger partial charge in [-0.05, 0) is 47.3 Å². The molecule has 0 unspecified atom stereocenters. The standard InChI is InChI=1S/C13H16ClIN2O/c1-2-16-5-7-17(8-6-16)13(18)10-3-4-11(14)12(15)9-10/h3-4,9H,2,5-8H2,1H3. The van der Waals surface area contributed by atoms with Crippen LogP contribution in [-0.2, 0) is 0 Å². The average Bonchev–Trinajstić information content (AvgIpc) is 2.41. The summed E-state index contributed by atoms with van der Waals surface area (Å²) in [7, 11) is 0. The second-order valence-corrected chi connectivity index (χ2v) is 5.92. The molecule has 0 N–H and O–H groups in total. The first-order chi connectivity index (χ1) is 8.61. The Kier molecular flexibility index (Phi) is 4.86. The largest absolute Gasteiger partial charge is 0.336 e. The van der Waals surface area contributed by atoms with E-state index in [1.807, 2.05) is 11.0 Å². The molecule has 1 amide bonds. The SMILES string of the molecule is CCN1CCN(C(=O)c2ccc(Cl)c(I)c2)CC1. The highest BCUT2D eigenvalue weighted by molar-refractivity contribution is 14.1. The first-order valence-corrected chi connectivity index (χ1v) is 7.54. The number of amides is 1. The number of carbonyl (C=O) groups is 1. The molecule has 1 heterocycles. The zero-order valence-electron chi connectivity index (χ0n) is 10.3. The molecular formula is C13H16ClIN2O. The minimum absolute atomic E-state index is 0.111. The van der Waals surface area contributed by atoms with Crippen LogP contribution in [0.4, 0.5) is 0 Å². The molecule has 1 aromatic rings. The van der Waals surface area contributed by atoms with Crippen LogP contribution in [0.3, 0.4) is 0 Å². The lowest BCUT2D eigenvalue weighted by Gasteiger charge is -2.34. The summed E-state index contributed by atoms with van der Waals surface area (Å²) in [5, 5.41) is 0.697. The van der Waals surface area contributed by atoms with Crippen molar-refractivity contribution < 1.29 is 4.79 Å². The minimum atomic E-state index is 0.111. The van der Waals surface area contributed by atoms with Gasteiger partial charge in [-0.2, -0.15) is 0 Å². The average molecular weight is 379 g/mol. The molecule has 0 spiro atoms. The molecule has 3 nitrogen and oxygen atoms in total. The van der Waals surface area contributed by atoms with Crippen LogP contribution >= 0.6 is 34.2 Å². The van der Waals surface area contributed by atoms with E-state index in [1.54, 1.807) is 12.1 Å². The number of piperazine rings is 1. The van der Waals surface area contributed by atoms with Crippen LogP contribution in [0.5, 0.6) is 0 Å². The van der Waals surface area contributed by atoms with Crippen molar-refractivity contribution in [3.05, 3.63) is 32.4 Å². The molecule has 1 fully saturated rings. The maximum Gasteiger partial charge on any atom is 0.253 e. The summed E-state index contributed by atoms with van der Waals surface area (Å²) in [6.45, 7) is 6.76. The Morgan fingerprint density at radius 1 is 1.33 bits per heavy atom. The summed E-state index contributed by atoms with van der Waals surface area (Å²) in [4.78, 5) is 16.6. The van der Waals surface area contributed by atoms with Crippen LogP contribution in [0.15, 0.2) is 18.2 Å². The van der Waals surface area contributed by atoms with E-state index in [0.717, 1.165) is 41.9 Å². The molecule has 0 atom stereocenters. The summed E-state index contributed by atoms with van der Waals surface area (Å²) in [6.07, 6.45) is 0. The van der Waals surface area contributed by atoms with Gasteiger partial charge in [0.2, 0.25) is 0 Å². The van der Waals surface area contributed by atoms with E-state index in [1.165, 1.54) is 0 Å². The molecule has 1 aliphatic rings. The second kappa shape index (κ2) is 6.21. The van der Waals surface area contributed by atoms with Gasteiger partial charge >= 0.3 is 0 Å². The molecule has 0 saturated carbocycles. The van der Waals surface area contributed by atoms with Crippen LogP contribution in [0.25, 0.3) is 0 Å². The number of carbonyl (C=O) groups excluding carboxylic acids is 1. The number of hydrogen-bond acceptors (Lipinski definition) is 2. The van der Waals surface area contributed by atoms with E-state index < -0.39 is 0 Å². The number of benzene rings is 1. The molecule has 1 aromatic carbocycles. The van der Waals surface area contributed by atoms with E-state index >= 15 is 0 Å². The van der Waals surface area contributed by atoms with Crippen molar-refractivity contribution in [2.45, 2.75) is 6.92 Å². The number of likely N-dealkylation sites (N-methyl/N-ethyl adjacent to an activating group) is 1. The monoisotopic (exact) mass is 378 g/mol. The third-order valence-corrected chi connectivity index (χ3v) is 4.81. The molecule has 0 aromatic heterocycles. The smallest absolute Gasteiger partial charge is 0.253 e. The van der Waals surface area contributed by atoms with Gasteiger partial charge in [0, 0.05) is 35.3 Å². The fourth-order valence-corrected chi connectivity index (χ4v) is 2.71. The molecular weight excluding hydrogens is 363 g/mol. The predicted molar refractivity (Wildman–Crippen MR) is 82.2 cm³/mol. The molecule has 1 saturated heterocycles. The van der Waals surface area contributed by atoms with Crippen LogP contribution in [-0.4, -0.2) is 48.4 Å². The lowest BCUT2D eigenvalue weighted by Crippen LogP contribution is -2.48. The first-order valence-electron chi connectivity index (χ1n) is 6.08. The predicted octanol–water partition coefficient (Wildman–Crippen LogP) is 2.72. The molecule has 1 aliphatic heterocycles. The third kappa shape index (κ3) is 3.16. The van der Waals surface area contributed by atoms with Gasteiger partial charge in [0.15, 0.2) is 0 Å². The number of halogens is 2. The van der Waals surface area contributed by atoms with Gasteiger partial charge in [-0.3, -0.25) is 4.79 Å². The molecule has 18 heavy (non-hydrogen) atoms. The van der Waals surface area contributed by atoms with Crippen molar-refractivity contribution in [1.82, 2.24) is 9.80 Å². The Labute approximate surface area is 126 Å². The van der Waals surface area contributed by atoms with Crippen LogP contribution in [0.1, 0.15) is 17.3 Å². The molecule has 98 valence electrons. The van der Waals surface area contributed by atoms with E-state index in [-0.39, 0.29) is 5.91 Å². The summed E-state index contributed by atoms with van der Waals surface area (Å²) < 4.78 is 0.923. The maximum absolute atomic E-state index is 12.3. The highest BCUT2D eigenvalue weighted by Gasteiger charge is 2.21. The van der Waals surface area contributed by atoms with Gasteiger partial charge in [-0.1, -0.05) is 18.5 Å². The normalized spacial score (nSPS) is 16.9. The number of rotatable bonds is 2. The van der Waals surface area contributed by atoms with Crippen molar-refractivity contribution in [1.29, 1.82) is 0 Å². The Morgan fingerprint density at radius 3 is 2.56 bits per heavy atom. The van der Waals surface area contributed by atoms with Crippen molar-refractivity contribution >= 4 is 40.1 Å². The van der Waals surface area contributed by atoms with Gasteiger partial charge in [0.25, 0.3) is 5.91 Å². The minimum Gasteiger partial charge on any atom is -0.336 e. The van der Waals surface area contributed by atoms with Crippen LogP contribution in [0, 0.1) is 3.57 Å². The third-order valence-electron chi connectivity index (χ3n) is 3.27. The zero-order chi connectivity index (χ0) is 13.1. The second-order valence-electron chi connectivity index (χ2n) is 4.36. The molecule has 0 aliphatic carbocycles. The zero-order valence-corrected chi connectivity index (χ0v) is 13.2. The van der Waals surface area contributed by atoms with E-state index in [0.29, 0.717) is 5.02 Å². The van der Waals surface area contributed by atoms with E-state index in [4.69, 9.17) is 11.6 Å². The Hall–Kier alpha value is -0.330. The Balaban J connectivity index is 2.05. The lowest BCUT2D eigenvalue weighted by atomic mass is 10.2. The van der Waals surface area contributed by atoms with Crippen molar-refractivity contribution in [2.75, 3.05) is 32.7 Å². The van der Waals surface area contributed by atoms with Gasteiger partial charge in [-0.15, -0.1) is 0 Å². The topological polar surface area (TPSA) is 23.6 Å². The van der Waals surface area contributed by atoms with Crippen molar-refractivity contribution in [3.8, 4) is 0 Å². The summed E-state index contributed by atoms with van der Waals surface area (Å²) in [5.74, 6) is 0.111. The number of hydrogen-bond donors (Lipinski definition) is 0. The summed E-state index contributed by atoms with van der Waals surface area (Å²) in [6, 6.07) is 5.45. The fourth-order valence-electron chi connectivity index (χ4n) is 2.08. The summed E-state index contributed by atoms with van der Waals surface area (Å²) >= 11 is 8.12. The van der Waals surface area contributed by atoms with Crippen molar-refractivity contribution in [2.24, 2.45) is 0 Å². The molecule has 0 bridgehead atoms. The maximum atomic E-state index is 12.3.